The lowest BCUT2D eigenvalue weighted by molar-refractivity contribution is 0.246. The van der Waals surface area contributed by atoms with Crippen LogP contribution in [-0.2, 0) is 9.84 Å². The van der Waals surface area contributed by atoms with E-state index in [2.05, 4.69) is 10.6 Å². The van der Waals surface area contributed by atoms with Crippen LogP contribution in [0.4, 0.5) is 10.5 Å². The molecule has 6 nitrogen and oxygen atoms in total. The molecule has 124 valence electrons. The van der Waals surface area contributed by atoms with Gasteiger partial charge in [-0.25, -0.2) is 13.2 Å². The number of urea groups is 1. The van der Waals surface area contributed by atoms with Gasteiger partial charge in [-0.15, -0.1) is 0 Å². The predicted octanol–water partition coefficient (Wildman–Crippen LogP) is 2.28. The Balaban J connectivity index is 2.55. The van der Waals surface area contributed by atoms with Crippen molar-refractivity contribution >= 4 is 21.6 Å². The lowest BCUT2D eigenvalue weighted by Gasteiger charge is -2.18. The first kappa shape index (κ1) is 18.3. The normalized spacial score (nSPS) is 12.8. The maximum absolute atomic E-state index is 11.8. The van der Waals surface area contributed by atoms with Gasteiger partial charge in [-0.3, -0.25) is 0 Å². The maximum Gasteiger partial charge on any atom is 0.319 e. The highest BCUT2D eigenvalue weighted by molar-refractivity contribution is 7.90. The second-order valence-electron chi connectivity index (χ2n) is 5.64. The smallest absolute Gasteiger partial charge is 0.319 e. The highest BCUT2D eigenvalue weighted by Gasteiger charge is 2.11. The molecule has 0 aliphatic rings. The van der Waals surface area contributed by atoms with Gasteiger partial charge >= 0.3 is 6.03 Å². The Hall–Kier alpha value is -1.76. The van der Waals surface area contributed by atoms with E-state index in [4.69, 9.17) is 4.74 Å². The van der Waals surface area contributed by atoms with Gasteiger partial charge in [0.2, 0.25) is 0 Å². The highest BCUT2D eigenvalue weighted by Crippen LogP contribution is 2.17. The number of ether oxygens (including phenoxy) is 1. The highest BCUT2D eigenvalue weighted by atomic mass is 32.2. The Morgan fingerprint density at radius 2 is 1.95 bits per heavy atom. The number of nitrogens with one attached hydrogen (secondary N) is 2. The quantitative estimate of drug-likeness (QED) is 0.804. The van der Waals surface area contributed by atoms with Crippen molar-refractivity contribution in [3.05, 3.63) is 24.3 Å². The van der Waals surface area contributed by atoms with Crippen LogP contribution in [0, 0.1) is 5.92 Å². The van der Waals surface area contributed by atoms with E-state index in [0.717, 1.165) is 6.26 Å². The molecule has 2 N–H and O–H groups in total. The molecule has 0 heterocycles. The Bertz CT molecular complexity index is 599. The van der Waals surface area contributed by atoms with Crippen molar-refractivity contribution in [1.82, 2.24) is 5.32 Å². The van der Waals surface area contributed by atoms with Gasteiger partial charge < -0.3 is 15.4 Å². The van der Waals surface area contributed by atoms with Crippen molar-refractivity contribution in [3.63, 3.8) is 0 Å². The maximum atomic E-state index is 11.8. The fourth-order valence-electron chi connectivity index (χ4n) is 1.52. The number of hydrogen-bond donors (Lipinski definition) is 2. The monoisotopic (exact) mass is 328 g/mol. The van der Waals surface area contributed by atoms with Crippen molar-refractivity contribution in [3.8, 4) is 5.75 Å². The van der Waals surface area contributed by atoms with Crippen LogP contribution in [0.3, 0.4) is 0 Å². The van der Waals surface area contributed by atoms with Gasteiger partial charge in [-0.1, -0.05) is 19.9 Å². The molecule has 0 aliphatic carbocycles. The van der Waals surface area contributed by atoms with Crippen LogP contribution < -0.4 is 15.4 Å². The third-order valence-corrected chi connectivity index (χ3v) is 4.08. The number of hydrogen-bond acceptors (Lipinski definition) is 4. The van der Waals surface area contributed by atoms with Crippen molar-refractivity contribution < 1.29 is 17.9 Å². The number of carbonyl (C=O) groups is 1. The molecule has 0 aliphatic heterocycles. The molecule has 0 radical (unpaired) electrons. The molecule has 0 spiro atoms. The van der Waals surface area contributed by atoms with Crippen molar-refractivity contribution in [2.24, 2.45) is 5.92 Å². The zero-order valence-corrected chi connectivity index (χ0v) is 14.2. The molecule has 1 aromatic carbocycles. The average Bonchev–Trinajstić information content (AvgIpc) is 2.37. The van der Waals surface area contributed by atoms with Gasteiger partial charge in [-0.2, -0.15) is 0 Å². The van der Waals surface area contributed by atoms with Gasteiger partial charge in [0, 0.05) is 24.1 Å². The third-order valence-electron chi connectivity index (χ3n) is 3.17. The second-order valence-corrected chi connectivity index (χ2v) is 7.90. The van der Waals surface area contributed by atoms with Crippen LogP contribution in [0.25, 0.3) is 0 Å². The zero-order valence-electron chi connectivity index (χ0n) is 13.4. The Morgan fingerprint density at radius 1 is 1.27 bits per heavy atom. The predicted molar refractivity (Wildman–Crippen MR) is 88.1 cm³/mol. The number of amides is 2. The van der Waals surface area contributed by atoms with E-state index in [1.807, 2.05) is 20.8 Å². The van der Waals surface area contributed by atoms with Crippen molar-refractivity contribution in [1.29, 1.82) is 0 Å². The first-order valence-electron chi connectivity index (χ1n) is 7.15. The van der Waals surface area contributed by atoms with E-state index in [-0.39, 0.29) is 24.4 Å². The summed E-state index contributed by atoms with van der Waals surface area (Å²) in [6, 6.07) is 6.62. The summed E-state index contributed by atoms with van der Waals surface area (Å²) in [5, 5.41) is 5.57. The minimum Gasteiger partial charge on any atom is -0.492 e. The summed E-state index contributed by atoms with van der Waals surface area (Å²) in [6.45, 7) is 6.08. The number of rotatable bonds is 7. The molecule has 2 amide bonds. The molecule has 0 aromatic heterocycles. The Labute approximate surface area is 132 Å². The lowest BCUT2D eigenvalue weighted by atomic mass is 10.1. The molecule has 7 heteroatoms. The molecular weight excluding hydrogens is 304 g/mol. The number of sulfone groups is 1. The van der Waals surface area contributed by atoms with E-state index in [9.17, 15) is 13.2 Å². The molecule has 0 fully saturated rings. The van der Waals surface area contributed by atoms with E-state index in [0.29, 0.717) is 17.4 Å². The van der Waals surface area contributed by atoms with Crippen LogP contribution in [0.15, 0.2) is 24.3 Å². The van der Waals surface area contributed by atoms with Gasteiger partial charge in [-0.05, 0) is 25.0 Å². The molecule has 1 aromatic rings. The van der Waals surface area contributed by atoms with Crippen LogP contribution >= 0.6 is 0 Å². The summed E-state index contributed by atoms with van der Waals surface area (Å²) in [4.78, 5) is 11.8. The van der Waals surface area contributed by atoms with Gasteiger partial charge in [0.25, 0.3) is 0 Å². The lowest BCUT2D eigenvalue weighted by Crippen LogP contribution is -2.38. The fourth-order valence-corrected chi connectivity index (χ4v) is 1.90. The van der Waals surface area contributed by atoms with Gasteiger partial charge in [0.05, 0.1) is 5.75 Å². The topological polar surface area (TPSA) is 84.5 Å². The summed E-state index contributed by atoms with van der Waals surface area (Å²) in [6.07, 6.45) is 1.16. The molecule has 1 rings (SSSR count). The third kappa shape index (κ3) is 7.31. The van der Waals surface area contributed by atoms with Crippen molar-refractivity contribution in [2.75, 3.05) is 23.9 Å². The standard InChI is InChI=1S/C15H24N2O4S/c1-11(2)12(3)16-15(18)17-13-6-5-7-14(10-13)21-8-9-22(4,19)20/h5-7,10-12H,8-9H2,1-4H3,(H2,16,17,18). The van der Waals surface area contributed by atoms with Crippen LogP contribution in [0.1, 0.15) is 20.8 Å². The fraction of sp³-hybridized carbons (Fsp3) is 0.533. The summed E-state index contributed by atoms with van der Waals surface area (Å²) in [7, 11) is -3.05. The number of benzene rings is 1. The van der Waals surface area contributed by atoms with E-state index in [1.54, 1.807) is 24.3 Å². The number of anilines is 1. The average molecular weight is 328 g/mol. The molecular formula is C15H24N2O4S. The molecule has 22 heavy (non-hydrogen) atoms. The molecule has 1 unspecified atom stereocenters. The Morgan fingerprint density at radius 3 is 2.55 bits per heavy atom. The molecule has 0 bridgehead atoms. The van der Waals surface area contributed by atoms with Gasteiger partial charge in [0.1, 0.15) is 12.4 Å². The van der Waals surface area contributed by atoms with Crippen LogP contribution in [-0.4, -0.2) is 39.1 Å². The summed E-state index contributed by atoms with van der Waals surface area (Å²) in [5.41, 5.74) is 0.588. The first-order valence-corrected chi connectivity index (χ1v) is 9.21. The van der Waals surface area contributed by atoms with Gasteiger partial charge in [0.15, 0.2) is 9.84 Å². The minimum absolute atomic E-state index is 0.0446. The molecule has 0 saturated heterocycles. The largest absolute Gasteiger partial charge is 0.492 e. The summed E-state index contributed by atoms with van der Waals surface area (Å²) >= 11 is 0. The Kier molecular flexibility index (Phi) is 6.67. The SMILES string of the molecule is CC(C)C(C)NC(=O)Nc1cccc(OCCS(C)(=O)=O)c1. The molecule has 0 saturated carbocycles. The molecule has 1 atom stereocenters. The van der Waals surface area contributed by atoms with E-state index in [1.165, 1.54) is 0 Å². The minimum atomic E-state index is -3.05. The second kappa shape index (κ2) is 8.03. The zero-order chi connectivity index (χ0) is 16.8. The van der Waals surface area contributed by atoms with Crippen molar-refractivity contribution in [2.45, 2.75) is 26.8 Å². The number of carbonyl (C=O) groups excluding carboxylic acids is 1. The van der Waals surface area contributed by atoms with Crippen LogP contribution in [0.2, 0.25) is 0 Å². The van der Waals surface area contributed by atoms with E-state index < -0.39 is 9.84 Å². The van der Waals surface area contributed by atoms with E-state index >= 15 is 0 Å². The van der Waals surface area contributed by atoms with Crippen LogP contribution in [0.5, 0.6) is 5.75 Å². The summed E-state index contributed by atoms with van der Waals surface area (Å²) < 4.78 is 27.5. The first-order chi connectivity index (χ1) is 10.2. The summed E-state index contributed by atoms with van der Waals surface area (Å²) in [5.74, 6) is 0.812.